The first-order valence-corrected chi connectivity index (χ1v) is 7.02. The number of rotatable bonds is 4. The molecule has 20 heavy (non-hydrogen) atoms. The quantitative estimate of drug-likeness (QED) is 0.893. The molecule has 1 aliphatic rings. The van der Waals surface area contributed by atoms with E-state index in [0.29, 0.717) is 13.1 Å². The highest BCUT2D eigenvalue weighted by Crippen LogP contribution is 2.25. The van der Waals surface area contributed by atoms with Crippen LogP contribution in [0.25, 0.3) is 0 Å². The van der Waals surface area contributed by atoms with Crippen molar-refractivity contribution < 1.29 is 5.11 Å². The Kier molecular flexibility index (Phi) is 3.83. The fourth-order valence-electron chi connectivity index (χ4n) is 2.76. The molecular weight excluding hydrogens is 248 g/mol. The van der Waals surface area contributed by atoms with Gasteiger partial charge in [-0.3, -0.25) is 4.90 Å². The third-order valence-electron chi connectivity index (χ3n) is 3.94. The maximum absolute atomic E-state index is 10.4. The Bertz CT molecular complexity index is 555. The van der Waals surface area contributed by atoms with Crippen LogP contribution in [-0.4, -0.2) is 16.6 Å². The first kappa shape index (κ1) is 13.3. The monoisotopic (exact) mass is 268 g/mol. The number of benzene rings is 2. The molecule has 3 N–H and O–H groups in total. The van der Waals surface area contributed by atoms with Crippen LogP contribution >= 0.6 is 0 Å². The van der Waals surface area contributed by atoms with Crippen LogP contribution in [0.15, 0.2) is 48.5 Å². The number of nitrogens with zero attached hydrogens (tertiary/aromatic N) is 1. The number of aliphatic hydroxyl groups is 1. The minimum Gasteiger partial charge on any atom is -0.387 e. The number of hydrogen-bond acceptors (Lipinski definition) is 3. The van der Waals surface area contributed by atoms with Gasteiger partial charge in [-0.2, -0.15) is 0 Å². The van der Waals surface area contributed by atoms with E-state index < -0.39 is 6.10 Å². The smallest absolute Gasteiger partial charge is 0.0917 e. The van der Waals surface area contributed by atoms with Gasteiger partial charge in [0.05, 0.1) is 6.10 Å². The van der Waals surface area contributed by atoms with Gasteiger partial charge in [0.2, 0.25) is 0 Å². The van der Waals surface area contributed by atoms with E-state index in [0.717, 1.165) is 24.2 Å². The van der Waals surface area contributed by atoms with Crippen molar-refractivity contribution in [2.75, 3.05) is 6.54 Å². The van der Waals surface area contributed by atoms with Crippen molar-refractivity contribution in [3.8, 4) is 0 Å². The number of aliphatic hydroxyl groups excluding tert-OH is 1. The lowest BCUT2D eigenvalue weighted by atomic mass is 10.1. The molecule has 0 amide bonds. The lowest BCUT2D eigenvalue weighted by Crippen LogP contribution is -2.23. The molecule has 0 spiro atoms. The van der Waals surface area contributed by atoms with Gasteiger partial charge in [0.15, 0.2) is 0 Å². The average Bonchev–Trinajstić information content (AvgIpc) is 2.89. The number of β-amino-alcohol motifs (C(OH)–C–C–N with tert-alkyl or cyclic N) is 1. The predicted molar refractivity (Wildman–Crippen MR) is 79.8 cm³/mol. The zero-order valence-electron chi connectivity index (χ0n) is 11.5. The Hall–Kier alpha value is -1.68. The number of hydrogen-bond donors (Lipinski definition) is 2. The molecule has 3 heteroatoms. The summed E-state index contributed by atoms with van der Waals surface area (Å²) in [6, 6.07) is 16.4. The van der Waals surface area contributed by atoms with Crippen molar-refractivity contribution in [1.82, 2.24) is 4.90 Å². The minimum atomic E-state index is -0.448. The SMILES string of the molecule is NCc1ccc(C(O)CN2Cc3ccccc3C2)cc1. The van der Waals surface area contributed by atoms with E-state index >= 15 is 0 Å². The van der Waals surface area contributed by atoms with E-state index in [4.69, 9.17) is 5.73 Å². The summed E-state index contributed by atoms with van der Waals surface area (Å²) >= 11 is 0. The summed E-state index contributed by atoms with van der Waals surface area (Å²) in [6.45, 7) is 3.05. The van der Waals surface area contributed by atoms with Gasteiger partial charge in [-0.05, 0) is 22.3 Å². The molecule has 2 aromatic rings. The van der Waals surface area contributed by atoms with Gasteiger partial charge in [0.1, 0.15) is 0 Å². The Balaban J connectivity index is 1.64. The van der Waals surface area contributed by atoms with Crippen LogP contribution in [0.4, 0.5) is 0 Å². The Labute approximate surface area is 119 Å². The molecular formula is C17H20N2O. The highest BCUT2D eigenvalue weighted by Gasteiger charge is 2.21. The average molecular weight is 268 g/mol. The molecule has 3 rings (SSSR count). The molecule has 1 atom stereocenters. The normalized spacial score (nSPS) is 16.1. The molecule has 0 saturated carbocycles. The largest absolute Gasteiger partial charge is 0.387 e. The van der Waals surface area contributed by atoms with E-state index in [1.54, 1.807) is 0 Å². The van der Waals surface area contributed by atoms with Crippen LogP contribution < -0.4 is 5.73 Å². The van der Waals surface area contributed by atoms with Gasteiger partial charge in [0.25, 0.3) is 0 Å². The molecule has 1 aliphatic heterocycles. The number of nitrogens with two attached hydrogens (primary N) is 1. The maximum atomic E-state index is 10.4. The lowest BCUT2D eigenvalue weighted by Gasteiger charge is -2.19. The second-order valence-corrected chi connectivity index (χ2v) is 5.40. The zero-order chi connectivity index (χ0) is 13.9. The van der Waals surface area contributed by atoms with Gasteiger partial charge >= 0.3 is 0 Å². The second kappa shape index (κ2) is 5.75. The van der Waals surface area contributed by atoms with Gasteiger partial charge in [-0.1, -0.05) is 48.5 Å². The molecule has 0 radical (unpaired) electrons. The molecule has 0 aromatic heterocycles. The van der Waals surface area contributed by atoms with Gasteiger partial charge < -0.3 is 10.8 Å². The van der Waals surface area contributed by atoms with Crippen molar-refractivity contribution in [3.63, 3.8) is 0 Å². The van der Waals surface area contributed by atoms with Crippen LogP contribution in [0.3, 0.4) is 0 Å². The van der Waals surface area contributed by atoms with E-state index in [1.807, 2.05) is 24.3 Å². The van der Waals surface area contributed by atoms with E-state index in [1.165, 1.54) is 11.1 Å². The minimum absolute atomic E-state index is 0.448. The Morgan fingerprint density at radius 2 is 1.60 bits per heavy atom. The molecule has 1 unspecified atom stereocenters. The molecule has 0 saturated heterocycles. The summed E-state index contributed by atoms with van der Waals surface area (Å²) in [5.74, 6) is 0. The summed E-state index contributed by atoms with van der Waals surface area (Å²) < 4.78 is 0. The molecule has 0 bridgehead atoms. The maximum Gasteiger partial charge on any atom is 0.0917 e. The van der Waals surface area contributed by atoms with Crippen LogP contribution in [0, 0.1) is 0 Å². The van der Waals surface area contributed by atoms with E-state index in [-0.39, 0.29) is 0 Å². The Morgan fingerprint density at radius 1 is 1.00 bits per heavy atom. The lowest BCUT2D eigenvalue weighted by molar-refractivity contribution is 0.112. The first-order valence-electron chi connectivity index (χ1n) is 7.02. The zero-order valence-corrected chi connectivity index (χ0v) is 11.5. The van der Waals surface area contributed by atoms with Crippen LogP contribution in [0.1, 0.15) is 28.4 Å². The molecule has 104 valence electrons. The van der Waals surface area contributed by atoms with Crippen molar-refractivity contribution in [2.24, 2.45) is 5.73 Å². The fourth-order valence-corrected chi connectivity index (χ4v) is 2.76. The molecule has 2 aromatic carbocycles. The van der Waals surface area contributed by atoms with Crippen LogP contribution in [0.5, 0.6) is 0 Å². The molecule has 1 heterocycles. The van der Waals surface area contributed by atoms with Gasteiger partial charge in [0, 0.05) is 26.2 Å². The summed E-state index contributed by atoms with van der Waals surface area (Å²) in [5, 5.41) is 10.4. The number of fused-ring (bicyclic) bond motifs is 1. The summed E-state index contributed by atoms with van der Waals surface area (Å²) in [7, 11) is 0. The van der Waals surface area contributed by atoms with Crippen molar-refractivity contribution in [1.29, 1.82) is 0 Å². The summed E-state index contributed by atoms with van der Waals surface area (Å²) in [6.07, 6.45) is -0.448. The summed E-state index contributed by atoms with van der Waals surface area (Å²) in [4.78, 5) is 2.28. The predicted octanol–water partition coefficient (Wildman–Crippen LogP) is 2.19. The third-order valence-corrected chi connectivity index (χ3v) is 3.94. The van der Waals surface area contributed by atoms with E-state index in [9.17, 15) is 5.11 Å². The van der Waals surface area contributed by atoms with Crippen LogP contribution in [0.2, 0.25) is 0 Å². The van der Waals surface area contributed by atoms with Crippen LogP contribution in [-0.2, 0) is 19.6 Å². The van der Waals surface area contributed by atoms with Crippen molar-refractivity contribution in [2.45, 2.75) is 25.7 Å². The second-order valence-electron chi connectivity index (χ2n) is 5.40. The van der Waals surface area contributed by atoms with Crippen molar-refractivity contribution >= 4 is 0 Å². The third kappa shape index (κ3) is 2.75. The van der Waals surface area contributed by atoms with Crippen molar-refractivity contribution in [3.05, 3.63) is 70.8 Å². The summed E-state index contributed by atoms with van der Waals surface area (Å²) in [5.41, 5.74) is 10.4. The fraction of sp³-hybridized carbons (Fsp3) is 0.294. The highest BCUT2D eigenvalue weighted by molar-refractivity contribution is 5.30. The molecule has 3 nitrogen and oxygen atoms in total. The molecule has 0 fully saturated rings. The topological polar surface area (TPSA) is 49.5 Å². The molecule has 0 aliphatic carbocycles. The van der Waals surface area contributed by atoms with E-state index in [2.05, 4.69) is 29.2 Å². The highest BCUT2D eigenvalue weighted by atomic mass is 16.3. The van der Waals surface area contributed by atoms with Gasteiger partial charge in [-0.15, -0.1) is 0 Å². The van der Waals surface area contributed by atoms with Gasteiger partial charge in [-0.25, -0.2) is 0 Å². The standard InChI is InChI=1S/C17H20N2O/c18-9-13-5-7-14(8-6-13)17(20)12-19-10-15-3-1-2-4-16(15)11-19/h1-8,17,20H,9-12,18H2. The first-order chi connectivity index (χ1) is 9.76. The Morgan fingerprint density at radius 3 is 2.15 bits per heavy atom.